The summed E-state index contributed by atoms with van der Waals surface area (Å²) in [7, 11) is 3.00. The Morgan fingerprint density at radius 2 is 0.681 bits per heavy atom. The number of carbonyl (C=O) groups excluding carboxylic acids is 2. The molecule has 72 heavy (non-hydrogen) atoms. The summed E-state index contributed by atoms with van der Waals surface area (Å²) in [5.74, 6) is 0. The summed E-state index contributed by atoms with van der Waals surface area (Å²) in [6, 6.07) is -0.690. The fourth-order valence-corrected chi connectivity index (χ4v) is 9.32. The lowest BCUT2D eigenvalue weighted by Gasteiger charge is -2.28. The topological polar surface area (TPSA) is 196 Å². The van der Waals surface area contributed by atoms with Gasteiger partial charge >= 0.3 is 12.1 Å². The van der Waals surface area contributed by atoms with E-state index in [-0.39, 0.29) is 45.5 Å². The molecular formula is C54H116N6O10P2. The number of unbranched alkanes of at least 4 members (excludes halogenated alkanes) is 29. The van der Waals surface area contributed by atoms with E-state index in [1.54, 1.807) is 4.90 Å². The van der Waals surface area contributed by atoms with Crippen LogP contribution in [-0.2, 0) is 27.2 Å². The first-order valence-electron chi connectivity index (χ1n) is 29.1. The normalized spacial score (nSPS) is 13.5. The van der Waals surface area contributed by atoms with Crippen molar-refractivity contribution < 1.29 is 55.6 Å². The number of primary amides is 1. The smallest absolute Gasteiger partial charge is 0.317 e. The van der Waals surface area contributed by atoms with Crippen molar-refractivity contribution in [2.24, 2.45) is 5.73 Å². The number of hydrogen-bond acceptors (Lipinski definition) is 10. The van der Waals surface area contributed by atoms with E-state index in [9.17, 15) is 28.5 Å². The Kier molecular flexibility index (Phi) is 48.6. The number of rotatable bonds is 51. The van der Waals surface area contributed by atoms with Crippen LogP contribution in [0.2, 0.25) is 0 Å². The lowest BCUT2D eigenvalue weighted by molar-refractivity contribution is -0.870. The van der Waals surface area contributed by atoms with Gasteiger partial charge in [-0.25, -0.2) is 9.59 Å². The van der Waals surface area contributed by atoms with Crippen molar-refractivity contribution >= 4 is 27.7 Å². The standard InChI is InChI=1S/C35H74N3O5P.C19H42N3O5P/c1-6-8-10-12-14-16-17-18-19-20-21-23-25-27-29-36-35(39)37(30-28-26-24-22-15-13-11-9-7-2)31-33-42-44(40,41)43-34-32-38(3,4)5;1-5-6-7-8-9-10-11-12-13-14-21(19(20)23)15-17-26-28(24,25)27-18-16-22(2,3)4/h6-34H2,1-5H3,(H-,36,39,40,41);5-18H2,1-4H3,(H2-,20,23,24,25). The second-order valence-corrected chi connectivity index (χ2v) is 24.9. The highest BCUT2D eigenvalue weighted by atomic mass is 31.2. The molecular weight excluding hydrogens is 955 g/mol. The van der Waals surface area contributed by atoms with Crippen molar-refractivity contribution in [2.75, 3.05) is 115 Å². The summed E-state index contributed by atoms with van der Waals surface area (Å²) in [6.45, 7) is 9.86. The van der Waals surface area contributed by atoms with E-state index in [2.05, 4.69) is 26.1 Å². The van der Waals surface area contributed by atoms with Gasteiger partial charge in [-0.1, -0.05) is 207 Å². The molecule has 0 aromatic heterocycles. The minimum Gasteiger partial charge on any atom is -0.756 e. The van der Waals surface area contributed by atoms with Gasteiger partial charge in [-0.15, -0.1) is 0 Å². The molecule has 18 heteroatoms. The van der Waals surface area contributed by atoms with Crippen LogP contribution in [0.4, 0.5) is 9.59 Å². The van der Waals surface area contributed by atoms with E-state index in [0.717, 1.165) is 44.9 Å². The Bertz CT molecular complexity index is 1340. The highest BCUT2D eigenvalue weighted by Crippen LogP contribution is 2.38. The molecule has 0 saturated carbocycles. The molecule has 0 aliphatic rings. The lowest BCUT2D eigenvalue weighted by Crippen LogP contribution is -2.42. The average Bonchev–Trinajstić information content (AvgIpc) is 3.29. The SMILES string of the molecule is CCCCCCCCCCCCCCCCNC(=O)N(CCCCCCCCCCC)CCOP(=O)([O-])OCC[N+](C)(C)C.CCCCCCCCCCCN(CCOP(=O)([O-])OCC[N+](C)(C)C)C(N)=O. The summed E-state index contributed by atoms with van der Waals surface area (Å²) in [5, 5.41) is 3.06. The van der Waals surface area contributed by atoms with Crippen molar-refractivity contribution in [3.63, 3.8) is 0 Å². The van der Waals surface area contributed by atoms with Gasteiger partial charge in [-0.3, -0.25) is 9.13 Å². The van der Waals surface area contributed by atoms with Crippen LogP contribution >= 0.6 is 15.6 Å². The third-order valence-corrected chi connectivity index (χ3v) is 14.7. The molecule has 0 aliphatic carbocycles. The molecule has 0 heterocycles. The first-order valence-corrected chi connectivity index (χ1v) is 32.0. The second-order valence-electron chi connectivity index (χ2n) is 22.1. The van der Waals surface area contributed by atoms with Gasteiger partial charge in [0.25, 0.3) is 15.6 Å². The number of amides is 4. The van der Waals surface area contributed by atoms with Crippen LogP contribution in [0.15, 0.2) is 0 Å². The van der Waals surface area contributed by atoms with Gasteiger partial charge in [-0.05, 0) is 19.3 Å². The summed E-state index contributed by atoms with van der Waals surface area (Å²) in [6.07, 6.45) is 39.9. The molecule has 0 fully saturated rings. The zero-order chi connectivity index (χ0) is 54.3. The van der Waals surface area contributed by atoms with Gasteiger partial charge in [0.1, 0.15) is 26.3 Å². The van der Waals surface area contributed by atoms with Crippen LogP contribution in [0, 0.1) is 0 Å². The third kappa shape index (κ3) is 54.9. The minimum absolute atomic E-state index is 0.0578. The maximum atomic E-state index is 13.0. The Hall–Kier alpha value is -1.32. The highest BCUT2D eigenvalue weighted by molar-refractivity contribution is 7.46. The van der Waals surface area contributed by atoms with Crippen LogP contribution in [0.25, 0.3) is 0 Å². The number of phosphoric acid groups is 2. The number of quaternary nitrogens is 2. The zero-order valence-electron chi connectivity index (χ0n) is 48.2. The average molecular weight is 1070 g/mol. The molecule has 2 unspecified atom stereocenters. The molecule has 3 N–H and O–H groups in total. The van der Waals surface area contributed by atoms with Gasteiger partial charge in [0, 0.05) is 32.7 Å². The summed E-state index contributed by atoms with van der Waals surface area (Å²) in [4.78, 5) is 51.5. The predicted octanol–water partition coefficient (Wildman–Crippen LogP) is 12.3. The molecule has 0 aromatic rings. The quantitative estimate of drug-likeness (QED) is 0.0336. The maximum absolute atomic E-state index is 13.0. The monoisotopic (exact) mass is 1070 g/mol. The van der Waals surface area contributed by atoms with Gasteiger partial charge in [0.15, 0.2) is 0 Å². The molecule has 0 saturated heterocycles. The largest absolute Gasteiger partial charge is 0.756 e. The predicted molar refractivity (Wildman–Crippen MR) is 296 cm³/mol. The van der Waals surface area contributed by atoms with E-state index in [1.165, 1.54) is 165 Å². The van der Waals surface area contributed by atoms with Crippen LogP contribution in [0.5, 0.6) is 0 Å². The van der Waals surface area contributed by atoms with Crippen LogP contribution < -0.4 is 20.8 Å². The molecule has 2 atom stereocenters. The molecule has 0 spiro atoms. The summed E-state index contributed by atoms with van der Waals surface area (Å²) >= 11 is 0. The van der Waals surface area contributed by atoms with E-state index >= 15 is 0 Å². The molecule has 16 nitrogen and oxygen atoms in total. The fourth-order valence-electron chi connectivity index (χ4n) is 7.95. The zero-order valence-corrected chi connectivity index (χ0v) is 50.0. The second kappa shape index (κ2) is 48.1. The number of nitrogens with one attached hydrogen (secondary N) is 1. The van der Waals surface area contributed by atoms with Crippen LogP contribution in [0.1, 0.15) is 226 Å². The number of likely N-dealkylation sites (N-methyl/N-ethyl adjacent to an activating group) is 2. The number of phosphoric ester groups is 2. The first kappa shape index (κ1) is 72.8. The Balaban J connectivity index is 0. The molecule has 4 amide bonds. The van der Waals surface area contributed by atoms with E-state index in [4.69, 9.17) is 23.8 Å². The van der Waals surface area contributed by atoms with Gasteiger partial charge in [0.05, 0.1) is 55.5 Å². The minimum atomic E-state index is -4.39. The molecule has 0 aliphatic heterocycles. The number of urea groups is 2. The first-order chi connectivity index (χ1) is 34.2. The fraction of sp³-hybridized carbons (Fsp3) is 0.963. The molecule has 432 valence electrons. The van der Waals surface area contributed by atoms with Crippen molar-refractivity contribution in [3.05, 3.63) is 0 Å². The van der Waals surface area contributed by atoms with Crippen LogP contribution in [-0.4, -0.2) is 145 Å². The number of hydrogen-bond donors (Lipinski definition) is 2. The molecule has 0 aromatic carbocycles. The summed E-state index contributed by atoms with van der Waals surface area (Å²) < 4.78 is 44.9. The van der Waals surface area contributed by atoms with Crippen molar-refractivity contribution in [1.82, 2.24) is 15.1 Å². The van der Waals surface area contributed by atoms with Crippen molar-refractivity contribution in [2.45, 2.75) is 226 Å². The van der Waals surface area contributed by atoms with Gasteiger partial charge in [0.2, 0.25) is 0 Å². The van der Waals surface area contributed by atoms with Crippen LogP contribution in [0.3, 0.4) is 0 Å². The third-order valence-electron chi connectivity index (χ3n) is 12.7. The van der Waals surface area contributed by atoms with E-state index in [0.29, 0.717) is 41.7 Å². The number of carbonyl (C=O) groups is 2. The molecule has 0 bridgehead atoms. The molecule has 0 radical (unpaired) electrons. The highest BCUT2D eigenvalue weighted by Gasteiger charge is 2.18. The Labute approximate surface area is 443 Å². The Morgan fingerprint density at radius 3 is 0.986 bits per heavy atom. The number of nitrogens with zero attached hydrogens (tertiary/aromatic N) is 4. The lowest BCUT2D eigenvalue weighted by atomic mass is 10.0. The Morgan fingerprint density at radius 1 is 0.417 bits per heavy atom. The van der Waals surface area contributed by atoms with E-state index in [1.807, 2.05) is 42.3 Å². The maximum Gasteiger partial charge on any atom is 0.317 e. The van der Waals surface area contributed by atoms with E-state index < -0.39 is 21.7 Å². The van der Waals surface area contributed by atoms with Gasteiger partial charge < -0.3 is 57.7 Å². The van der Waals surface area contributed by atoms with Crippen molar-refractivity contribution in [3.8, 4) is 0 Å². The summed E-state index contributed by atoms with van der Waals surface area (Å²) in [5.41, 5.74) is 5.37. The molecule has 0 rings (SSSR count). The van der Waals surface area contributed by atoms with Gasteiger partial charge in [-0.2, -0.15) is 0 Å². The van der Waals surface area contributed by atoms with Crippen molar-refractivity contribution in [1.29, 1.82) is 0 Å². The number of nitrogens with two attached hydrogens (primary N) is 1.